The van der Waals surface area contributed by atoms with E-state index in [1.807, 2.05) is 6.92 Å². The maximum absolute atomic E-state index is 12.6. The van der Waals surface area contributed by atoms with Crippen LogP contribution in [0.4, 0.5) is 0 Å². The van der Waals surface area contributed by atoms with E-state index in [4.69, 9.17) is 9.84 Å². The average molecular weight is 306 g/mol. The molecule has 7 heteroatoms. The third-order valence-electron chi connectivity index (χ3n) is 4.27. The maximum Gasteiger partial charge on any atom is 0.282 e. The van der Waals surface area contributed by atoms with Crippen molar-refractivity contribution in [3.8, 4) is 0 Å². The standard InChI is InChI=1S/C13H26N2O4S/c1-2-14(10-13-4-3-9-19-13)20(17,18)15-7-5-12(11-16)6-8-15/h12-13,16H,2-11H2,1H3. The number of ether oxygens (including phenoxy) is 1. The van der Waals surface area contributed by atoms with Gasteiger partial charge in [-0.15, -0.1) is 0 Å². The van der Waals surface area contributed by atoms with Gasteiger partial charge in [0.2, 0.25) is 0 Å². The smallest absolute Gasteiger partial charge is 0.282 e. The topological polar surface area (TPSA) is 70.1 Å². The molecule has 2 aliphatic heterocycles. The van der Waals surface area contributed by atoms with Gasteiger partial charge in [0.1, 0.15) is 0 Å². The Morgan fingerprint density at radius 3 is 2.50 bits per heavy atom. The predicted octanol–water partition coefficient (Wildman–Crippen LogP) is 0.436. The molecule has 0 bridgehead atoms. The molecular formula is C13H26N2O4S. The van der Waals surface area contributed by atoms with Crippen LogP contribution in [0, 0.1) is 5.92 Å². The van der Waals surface area contributed by atoms with Gasteiger partial charge in [0.15, 0.2) is 0 Å². The first-order valence-corrected chi connectivity index (χ1v) is 8.95. The minimum Gasteiger partial charge on any atom is -0.396 e. The normalized spacial score (nSPS) is 26.4. The highest BCUT2D eigenvalue weighted by molar-refractivity contribution is 7.86. The fourth-order valence-corrected chi connectivity index (χ4v) is 4.57. The number of hydrogen-bond acceptors (Lipinski definition) is 4. The first-order chi connectivity index (χ1) is 9.57. The van der Waals surface area contributed by atoms with Gasteiger partial charge < -0.3 is 9.84 Å². The Labute approximate surface area is 121 Å². The van der Waals surface area contributed by atoms with E-state index in [0.29, 0.717) is 26.2 Å². The summed E-state index contributed by atoms with van der Waals surface area (Å²) in [4.78, 5) is 0. The van der Waals surface area contributed by atoms with Gasteiger partial charge in [0.05, 0.1) is 6.10 Å². The molecule has 2 saturated heterocycles. The molecule has 0 aromatic rings. The summed E-state index contributed by atoms with van der Waals surface area (Å²) >= 11 is 0. The van der Waals surface area contributed by atoms with Gasteiger partial charge in [0.25, 0.3) is 10.2 Å². The molecule has 2 heterocycles. The SMILES string of the molecule is CCN(CC1CCCO1)S(=O)(=O)N1CCC(CO)CC1. The van der Waals surface area contributed by atoms with Crippen LogP contribution in [0.15, 0.2) is 0 Å². The molecule has 0 amide bonds. The van der Waals surface area contributed by atoms with Crippen LogP contribution in [0.3, 0.4) is 0 Å². The highest BCUT2D eigenvalue weighted by Gasteiger charge is 2.33. The van der Waals surface area contributed by atoms with Crippen LogP contribution in [0.1, 0.15) is 32.6 Å². The van der Waals surface area contributed by atoms with Crippen LogP contribution >= 0.6 is 0 Å². The lowest BCUT2D eigenvalue weighted by Gasteiger charge is -2.34. The van der Waals surface area contributed by atoms with Crippen molar-refractivity contribution in [2.24, 2.45) is 5.92 Å². The number of piperidine rings is 1. The van der Waals surface area contributed by atoms with Crippen LogP contribution in [-0.2, 0) is 14.9 Å². The van der Waals surface area contributed by atoms with Crippen LogP contribution in [0.5, 0.6) is 0 Å². The van der Waals surface area contributed by atoms with E-state index in [-0.39, 0.29) is 18.6 Å². The highest BCUT2D eigenvalue weighted by atomic mass is 32.2. The Morgan fingerprint density at radius 1 is 1.30 bits per heavy atom. The second-order valence-electron chi connectivity index (χ2n) is 5.62. The molecule has 0 aromatic carbocycles. The van der Waals surface area contributed by atoms with E-state index in [2.05, 4.69) is 0 Å². The van der Waals surface area contributed by atoms with E-state index >= 15 is 0 Å². The van der Waals surface area contributed by atoms with Crippen LogP contribution < -0.4 is 0 Å². The molecule has 6 nitrogen and oxygen atoms in total. The summed E-state index contributed by atoms with van der Waals surface area (Å²) in [6.07, 6.45) is 3.49. The van der Waals surface area contributed by atoms with E-state index < -0.39 is 10.2 Å². The molecule has 0 spiro atoms. The van der Waals surface area contributed by atoms with Gasteiger partial charge in [-0.1, -0.05) is 6.92 Å². The first-order valence-electron chi connectivity index (χ1n) is 7.55. The Bertz CT molecular complexity index is 387. The lowest BCUT2D eigenvalue weighted by Crippen LogP contribution is -2.49. The number of aliphatic hydroxyl groups is 1. The quantitative estimate of drug-likeness (QED) is 0.773. The number of likely N-dealkylation sites (N-methyl/N-ethyl adjacent to an activating group) is 1. The van der Waals surface area contributed by atoms with Crippen molar-refractivity contribution in [2.45, 2.75) is 38.7 Å². The average Bonchev–Trinajstić information content (AvgIpc) is 2.97. The summed E-state index contributed by atoms with van der Waals surface area (Å²) < 4.78 is 33.9. The molecule has 2 rings (SSSR count). The molecule has 1 N–H and O–H groups in total. The highest BCUT2D eigenvalue weighted by Crippen LogP contribution is 2.22. The second kappa shape index (κ2) is 7.17. The van der Waals surface area contributed by atoms with Gasteiger partial charge in [-0.2, -0.15) is 17.0 Å². The van der Waals surface area contributed by atoms with Crippen molar-refractivity contribution in [3.63, 3.8) is 0 Å². The molecule has 2 fully saturated rings. The maximum atomic E-state index is 12.6. The Kier molecular flexibility index (Phi) is 5.80. The number of aliphatic hydroxyl groups excluding tert-OH is 1. The van der Waals surface area contributed by atoms with Crippen molar-refractivity contribution in [1.82, 2.24) is 8.61 Å². The third kappa shape index (κ3) is 3.71. The summed E-state index contributed by atoms with van der Waals surface area (Å²) in [5, 5.41) is 9.13. The van der Waals surface area contributed by atoms with Crippen molar-refractivity contribution in [3.05, 3.63) is 0 Å². The van der Waals surface area contributed by atoms with Crippen LogP contribution in [0.2, 0.25) is 0 Å². The monoisotopic (exact) mass is 306 g/mol. The Hall–Kier alpha value is -0.210. The van der Waals surface area contributed by atoms with Crippen molar-refractivity contribution in [2.75, 3.05) is 39.4 Å². The fraction of sp³-hybridized carbons (Fsp3) is 1.00. The molecule has 0 aliphatic carbocycles. The first kappa shape index (κ1) is 16.2. The fourth-order valence-electron chi connectivity index (χ4n) is 2.89. The predicted molar refractivity (Wildman–Crippen MR) is 76.5 cm³/mol. The minimum absolute atomic E-state index is 0.0414. The summed E-state index contributed by atoms with van der Waals surface area (Å²) in [6.45, 7) is 4.71. The van der Waals surface area contributed by atoms with E-state index in [1.165, 1.54) is 4.31 Å². The molecule has 1 atom stereocenters. The van der Waals surface area contributed by atoms with Gasteiger partial charge in [-0.05, 0) is 31.6 Å². The van der Waals surface area contributed by atoms with Crippen molar-refractivity contribution >= 4 is 10.2 Å². The molecular weight excluding hydrogens is 280 g/mol. The Balaban J connectivity index is 1.96. The second-order valence-corrected chi connectivity index (χ2v) is 7.55. The molecule has 1 unspecified atom stereocenters. The number of hydrogen-bond donors (Lipinski definition) is 1. The minimum atomic E-state index is -3.39. The molecule has 20 heavy (non-hydrogen) atoms. The summed E-state index contributed by atoms with van der Waals surface area (Å²) in [5.74, 6) is 0.245. The summed E-state index contributed by atoms with van der Waals surface area (Å²) in [6, 6.07) is 0. The lowest BCUT2D eigenvalue weighted by molar-refractivity contribution is 0.0920. The molecule has 2 aliphatic rings. The molecule has 0 saturated carbocycles. The molecule has 0 aromatic heterocycles. The number of nitrogens with zero attached hydrogens (tertiary/aromatic N) is 2. The van der Waals surface area contributed by atoms with Crippen molar-refractivity contribution in [1.29, 1.82) is 0 Å². The summed E-state index contributed by atoms with van der Waals surface area (Å²) in [5.41, 5.74) is 0. The van der Waals surface area contributed by atoms with Crippen LogP contribution in [0.25, 0.3) is 0 Å². The number of rotatable bonds is 6. The zero-order chi connectivity index (χ0) is 14.6. The molecule has 118 valence electrons. The lowest BCUT2D eigenvalue weighted by atomic mass is 10.00. The van der Waals surface area contributed by atoms with Gasteiger partial charge in [-0.3, -0.25) is 0 Å². The van der Waals surface area contributed by atoms with E-state index in [1.54, 1.807) is 4.31 Å². The van der Waals surface area contributed by atoms with E-state index in [9.17, 15) is 8.42 Å². The zero-order valence-electron chi connectivity index (χ0n) is 12.2. The zero-order valence-corrected chi connectivity index (χ0v) is 13.0. The van der Waals surface area contributed by atoms with Crippen LogP contribution in [-0.4, -0.2) is 67.6 Å². The van der Waals surface area contributed by atoms with E-state index in [0.717, 1.165) is 32.3 Å². The Morgan fingerprint density at radius 2 is 2.00 bits per heavy atom. The van der Waals surface area contributed by atoms with Crippen molar-refractivity contribution < 1.29 is 18.3 Å². The third-order valence-corrected chi connectivity index (χ3v) is 6.35. The van der Waals surface area contributed by atoms with Gasteiger partial charge >= 0.3 is 0 Å². The largest absolute Gasteiger partial charge is 0.396 e. The van der Waals surface area contributed by atoms with Gasteiger partial charge in [-0.25, -0.2) is 0 Å². The molecule has 0 radical (unpaired) electrons. The summed E-state index contributed by atoms with van der Waals surface area (Å²) in [7, 11) is -3.39. The van der Waals surface area contributed by atoms with Gasteiger partial charge in [0, 0.05) is 39.4 Å².